The Bertz CT molecular complexity index is 1650. The fourth-order valence-electron chi connectivity index (χ4n) is 4.78. The summed E-state index contributed by atoms with van der Waals surface area (Å²) in [5, 5.41) is 28.2. The lowest BCUT2D eigenvalue weighted by Crippen LogP contribution is -2.59. The van der Waals surface area contributed by atoms with Crippen molar-refractivity contribution in [1.29, 1.82) is 0 Å². The number of H-pyrrole nitrogens is 2. The number of aliphatic hydroxyl groups excluding tert-OH is 1. The summed E-state index contributed by atoms with van der Waals surface area (Å²) in [6.45, 7) is -0.847. The fourth-order valence-corrected chi connectivity index (χ4v) is 4.78. The van der Waals surface area contributed by atoms with Gasteiger partial charge in [-0.1, -0.05) is 36.4 Å². The number of hydrogen-bond acceptors (Lipinski definition) is 7. The van der Waals surface area contributed by atoms with Gasteiger partial charge in [0.25, 0.3) is 0 Å². The first-order valence-corrected chi connectivity index (χ1v) is 13.5. The van der Waals surface area contributed by atoms with E-state index in [2.05, 4.69) is 25.9 Å². The summed E-state index contributed by atoms with van der Waals surface area (Å²) < 4.78 is 0. The highest BCUT2D eigenvalue weighted by atomic mass is 16.4. The van der Waals surface area contributed by atoms with Crippen LogP contribution in [-0.4, -0.2) is 80.6 Å². The summed E-state index contributed by atoms with van der Waals surface area (Å²) in [5.74, 6) is -5.01. The van der Waals surface area contributed by atoms with Gasteiger partial charge >= 0.3 is 5.97 Å². The molecule has 0 bridgehead atoms. The van der Waals surface area contributed by atoms with Crippen molar-refractivity contribution in [3.05, 3.63) is 72.1 Å². The molecular weight excluding hydrogens is 558 g/mol. The van der Waals surface area contributed by atoms with Gasteiger partial charge in [-0.3, -0.25) is 19.2 Å². The van der Waals surface area contributed by atoms with Gasteiger partial charge in [0, 0.05) is 40.6 Å². The predicted molar refractivity (Wildman–Crippen MR) is 156 cm³/mol. The third-order valence-electron chi connectivity index (χ3n) is 7.02. The number of nitrogens with two attached hydrogens (primary N) is 2. The van der Waals surface area contributed by atoms with Crippen LogP contribution in [0.3, 0.4) is 0 Å². The van der Waals surface area contributed by atoms with Crippen LogP contribution in [-0.2, 0) is 36.8 Å². The zero-order valence-electron chi connectivity index (χ0n) is 23.0. The topological polar surface area (TPSA) is 246 Å². The summed E-state index contributed by atoms with van der Waals surface area (Å²) >= 11 is 0. The molecule has 0 radical (unpaired) electrons. The number of carbonyl (C=O) groups is 5. The molecule has 2 aromatic carbocycles. The fraction of sp³-hybridized carbons (Fsp3) is 0.276. The third kappa shape index (κ3) is 7.55. The lowest BCUT2D eigenvalue weighted by Gasteiger charge is -2.24. The minimum Gasteiger partial charge on any atom is -0.480 e. The molecule has 2 heterocycles. The number of aromatic amines is 2. The normalized spacial score (nSPS) is 14.0. The number of carboxylic acid groups (broad SMARTS) is 1. The van der Waals surface area contributed by atoms with Gasteiger partial charge in [-0.15, -0.1) is 0 Å². The van der Waals surface area contributed by atoms with E-state index in [9.17, 15) is 34.2 Å². The Labute approximate surface area is 245 Å². The number of nitrogens with one attached hydrogen (secondary N) is 5. The zero-order chi connectivity index (χ0) is 31.1. The molecule has 4 aromatic rings. The molecule has 4 rings (SSSR count). The van der Waals surface area contributed by atoms with Crippen LogP contribution >= 0.6 is 0 Å². The number of carbonyl (C=O) groups excluding carboxylic acids is 4. The molecule has 4 amide bonds. The maximum absolute atomic E-state index is 13.1. The van der Waals surface area contributed by atoms with E-state index in [1.54, 1.807) is 24.5 Å². The maximum Gasteiger partial charge on any atom is 0.326 e. The summed E-state index contributed by atoms with van der Waals surface area (Å²) in [5.41, 5.74) is 14.4. The molecule has 11 N–H and O–H groups in total. The van der Waals surface area contributed by atoms with Crippen LogP contribution in [0.25, 0.3) is 21.8 Å². The van der Waals surface area contributed by atoms with Gasteiger partial charge in [-0.2, -0.15) is 0 Å². The second kappa shape index (κ2) is 13.6. The number of aromatic nitrogens is 2. The van der Waals surface area contributed by atoms with Gasteiger partial charge in [0.2, 0.25) is 23.6 Å². The Kier molecular flexibility index (Phi) is 9.75. The standard InChI is InChI=1S/C29H33N7O7/c30-19(9-15-12-32-20-7-3-1-5-17(15)20)26(39)36-24(14-37)28(41)34-22(11-25(31)38)27(40)35-23(29(42)43)10-16-13-33-21-8-4-2-6-18(16)21/h1-8,12-13,19,22-24,32-33,37H,9-11,14,30H2,(H2,31,38)(H,34,41)(H,35,40)(H,36,39)(H,42,43). The third-order valence-corrected chi connectivity index (χ3v) is 7.02. The minimum absolute atomic E-state index is 0.0913. The van der Waals surface area contributed by atoms with E-state index in [0.29, 0.717) is 5.56 Å². The van der Waals surface area contributed by atoms with Crippen LogP contribution in [0, 0.1) is 0 Å². The Morgan fingerprint density at radius 1 is 0.721 bits per heavy atom. The molecular formula is C29H33N7O7. The number of carboxylic acids is 1. The summed E-state index contributed by atoms with van der Waals surface area (Å²) in [6, 6.07) is 9.07. The first kappa shape index (κ1) is 30.7. The number of fused-ring (bicyclic) bond motifs is 2. The molecule has 14 heteroatoms. The van der Waals surface area contributed by atoms with E-state index >= 15 is 0 Å². The first-order chi connectivity index (χ1) is 20.6. The molecule has 0 aliphatic rings. The van der Waals surface area contributed by atoms with E-state index in [0.717, 1.165) is 27.4 Å². The number of aliphatic hydroxyl groups is 1. The molecule has 0 spiro atoms. The minimum atomic E-state index is -1.58. The highest BCUT2D eigenvalue weighted by molar-refractivity contribution is 5.96. The number of rotatable bonds is 14. The molecule has 0 saturated carbocycles. The van der Waals surface area contributed by atoms with Gasteiger partial charge in [0.15, 0.2) is 0 Å². The van der Waals surface area contributed by atoms with Crippen molar-refractivity contribution < 1.29 is 34.2 Å². The van der Waals surface area contributed by atoms with Gasteiger partial charge < -0.3 is 47.6 Å². The molecule has 0 saturated heterocycles. The van der Waals surface area contributed by atoms with E-state index in [-0.39, 0.29) is 12.8 Å². The van der Waals surface area contributed by atoms with Crippen molar-refractivity contribution in [3.8, 4) is 0 Å². The molecule has 14 nitrogen and oxygen atoms in total. The molecule has 2 aromatic heterocycles. The molecule has 0 fully saturated rings. The van der Waals surface area contributed by atoms with E-state index in [4.69, 9.17) is 11.5 Å². The zero-order valence-corrected chi connectivity index (χ0v) is 23.0. The second-order valence-corrected chi connectivity index (χ2v) is 10.1. The largest absolute Gasteiger partial charge is 0.480 e. The monoisotopic (exact) mass is 591 g/mol. The molecule has 43 heavy (non-hydrogen) atoms. The van der Waals surface area contributed by atoms with Gasteiger partial charge in [0.1, 0.15) is 18.1 Å². The SMILES string of the molecule is NC(=O)CC(NC(=O)C(CO)NC(=O)C(N)Cc1c[nH]c2ccccc12)C(=O)NC(Cc1c[nH]c2ccccc12)C(=O)O. The van der Waals surface area contributed by atoms with E-state index < -0.39 is 66.8 Å². The highest BCUT2D eigenvalue weighted by Crippen LogP contribution is 2.20. The molecule has 4 unspecified atom stereocenters. The number of hydrogen-bond donors (Lipinski definition) is 9. The first-order valence-electron chi connectivity index (χ1n) is 13.5. The lowest BCUT2D eigenvalue weighted by molar-refractivity contribution is -0.142. The van der Waals surface area contributed by atoms with Crippen LogP contribution in [0.1, 0.15) is 17.5 Å². The van der Waals surface area contributed by atoms with E-state index in [1.807, 2.05) is 36.4 Å². The van der Waals surface area contributed by atoms with Gasteiger partial charge in [-0.25, -0.2) is 4.79 Å². The van der Waals surface area contributed by atoms with Crippen LogP contribution in [0.5, 0.6) is 0 Å². The molecule has 226 valence electrons. The Morgan fingerprint density at radius 2 is 1.21 bits per heavy atom. The summed E-state index contributed by atoms with van der Waals surface area (Å²) in [7, 11) is 0. The van der Waals surface area contributed by atoms with E-state index in [1.165, 1.54) is 0 Å². The molecule has 0 aliphatic heterocycles. The Morgan fingerprint density at radius 3 is 1.74 bits per heavy atom. The lowest BCUT2D eigenvalue weighted by atomic mass is 10.0. The number of aliphatic carboxylic acids is 1. The Balaban J connectivity index is 1.40. The van der Waals surface area contributed by atoms with Crippen molar-refractivity contribution >= 4 is 51.4 Å². The van der Waals surface area contributed by atoms with Crippen molar-refractivity contribution in [2.75, 3.05) is 6.61 Å². The van der Waals surface area contributed by atoms with Crippen LogP contribution in [0.15, 0.2) is 60.9 Å². The smallest absolute Gasteiger partial charge is 0.326 e. The molecule has 0 aliphatic carbocycles. The van der Waals surface area contributed by atoms with Crippen molar-refractivity contribution in [3.63, 3.8) is 0 Å². The maximum atomic E-state index is 13.1. The predicted octanol–water partition coefficient (Wildman–Crippen LogP) is -0.832. The average molecular weight is 592 g/mol. The molecule has 4 atom stereocenters. The van der Waals surface area contributed by atoms with Crippen LogP contribution in [0.2, 0.25) is 0 Å². The number of amides is 4. The van der Waals surface area contributed by atoms with Crippen molar-refractivity contribution in [2.24, 2.45) is 11.5 Å². The summed E-state index contributed by atoms with van der Waals surface area (Å²) in [6.07, 6.45) is 2.74. The van der Waals surface area contributed by atoms with Crippen molar-refractivity contribution in [2.45, 2.75) is 43.4 Å². The van der Waals surface area contributed by atoms with Crippen LogP contribution < -0.4 is 27.4 Å². The summed E-state index contributed by atoms with van der Waals surface area (Å²) in [4.78, 5) is 68.6. The highest BCUT2D eigenvalue weighted by Gasteiger charge is 2.31. The Hall–Kier alpha value is -5.21. The van der Waals surface area contributed by atoms with Gasteiger partial charge in [-0.05, 0) is 29.7 Å². The second-order valence-electron chi connectivity index (χ2n) is 10.1. The number of primary amides is 1. The quantitative estimate of drug-likeness (QED) is 0.0893. The average Bonchev–Trinajstić information content (AvgIpc) is 3.58. The number of para-hydroxylation sites is 2. The van der Waals surface area contributed by atoms with Crippen molar-refractivity contribution in [1.82, 2.24) is 25.9 Å². The number of benzene rings is 2. The van der Waals surface area contributed by atoms with Gasteiger partial charge in [0.05, 0.1) is 19.1 Å². The van der Waals surface area contributed by atoms with Crippen LogP contribution in [0.4, 0.5) is 0 Å².